The Balaban J connectivity index is 2.58. The number of benzene rings is 1. The molecule has 2 unspecified atom stereocenters. The standard InChI is InChI=1S/C18H29FN2O2/c1-6-15(12-20-17(22)23-18(3,4)5)21-16(7-2)13-9-8-10-14(19)11-13/h8-11,15-16,21H,6-7,12H2,1-5H3,(H,20,22). The second-order valence-corrected chi connectivity index (χ2v) is 6.67. The van der Waals surface area contributed by atoms with Crippen molar-refractivity contribution < 1.29 is 13.9 Å². The number of carbonyl (C=O) groups is 1. The van der Waals surface area contributed by atoms with Crippen LogP contribution in [0, 0.1) is 5.82 Å². The average Bonchev–Trinajstić information content (AvgIpc) is 2.46. The molecule has 5 heteroatoms. The molecular weight excluding hydrogens is 295 g/mol. The van der Waals surface area contributed by atoms with Crippen LogP contribution in [0.3, 0.4) is 0 Å². The Morgan fingerprint density at radius 3 is 2.48 bits per heavy atom. The van der Waals surface area contributed by atoms with Gasteiger partial charge in [-0.05, 0) is 51.3 Å². The van der Waals surface area contributed by atoms with Crippen LogP contribution < -0.4 is 10.6 Å². The van der Waals surface area contributed by atoms with Gasteiger partial charge in [-0.3, -0.25) is 0 Å². The van der Waals surface area contributed by atoms with E-state index < -0.39 is 11.7 Å². The maximum atomic E-state index is 13.4. The molecule has 0 spiro atoms. The summed E-state index contributed by atoms with van der Waals surface area (Å²) in [7, 11) is 0. The van der Waals surface area contributed by atoms with Gasteiger partial charge in [-0.25, -0.2) is 9.18 Å². The molecule has 0 aliphatic rings. The fraction of sp³-hybridized carbons (Fsp3) is 0.611. The van der Waals surface area contributed by atoms with Gasteiger partial charge in [0.15, 0.2) is 0 Å². The molecule has 2 atom stereocenters. The third-order valence-electron chi connectivity index (χ3n) is 3.48. The van der Waals surface area contributed by atoms with Crippen LogP contribution in [0.4, 0.5) is 9.18 Å². The smallest absolute Gasteiger partial charge is 0.407 e. The fourth-order valence-electron chi connectivity index (χ4n) is 2.30. The number of rotatable bonds is 7. The lowest BCUT2D eigenvalue weighted by Gasteiger charge is -2.26. The summed E-state index contributed by atoms with van der Waals surface area (Å²) in [5.74, 6) is -0.234. The lowest BCUT2D eigenvalue weighted by molar-refractivity contribution is 0.0521. The van der Waals surface area contributed by atoms with Crippen LogP contribution in [0.15, 0.2) is 24.3 Å². The Morgan fingerprint density at radius 1 is 1.26 bits per heavy atom. The van der Waals surface area contributed by atoms with Crippen molar-refractivity contribution in [1.82, 2.24) is 10.6 Å². The first-order valence-corrected chi connectivity index (χ1v) is 8.23. The Morgan fingerprint density at radius 2 is 1.96 bits per heavy atom. The molecule has 0 radical (unpaired) electrons. The molecule has 0 saturated carbocycles. The van der Waals surface area contributed by atoms with Crippen LogP contribution in [0.1, 0.15) is 59.1 Å². The van der Waals surface area contributed by atoms with Gasteiger partial charge in [-0.1, -0.05) is 26.0 Å². The van der Waals surface area contributed by atoms with Crippen LogP contribution in [0.2, 0.25) is 0 Å². The van der Waals surface area contributed by atoms with Gasteiger partial charge in [0.25, 0.3) is 0 Å². The third kappa shape index (κ3) is 7.46. The van der Waals surface area contributed by atoms with Crippen molar-refractivity contribution in [2.24, 2.45) is 0 Å². The summed E-state index contributed by atoms with van der Waals surface area (Å²) in [6.45, 7) is 10.1. The molecule has 1 aromatic carbocycles. The van der Waals surface area contributed by atoms with E-state index in [0.29, 0.717) is 6.54 Å². The monoisotopic (exact) mass is 324 g/mol. The van der Waals surface area contributed by atoms with Crippen molar-refractivity contribution in [2.75, 3.05) is 6.54 Å². The maximum Gasteiger partial charge on any atom is 0.407 e. The molecule has 4 nitrogen and oxygen atoms in total. The van der Waals surface area contributed by atoms with Crippen LogP contribution >= 0.6 is 0 Å². The number of hydrogen-bond donors (Lipinski definition) is 2. The molecule has 0 saturated heterocycles. The number of halogens is 1. The van der Waals surface area contributed by atoms with Crippen LogP contribution in [-0.4, -0.2) is 24.3 Å². The zero-order valence-electron chi connectivity index (χ0n) is 14.8. The van der Waals surface area contributed by atoms with Gasteiger partial charge in [0, 0.05) is 18.6 Å². The number of amides is 1. The second kappa shape index (κ2) is 8.87. The number of ether oxygens (including phenoxy) is 1. The quantitative estimate of drug-likeness (QED) is 0.791. The van der Waals surface area contributed by atoms with Crippen LogP contribution in [0.5, 0.6) is 0 Å². The van der Waals surface area contributed by atoms with E-state index in [2.05, 4.69) is 17.6 Å². The van der Waals surface area contributed by atoms with Gasteiger partial charge < -0.3 is 15.4 Å². The SMILES string of the molecule is CCC(CNC(=O)OC(C)(C)C)NC(CC)c1cccc(F)c1. The molecule has 0 heterocycles. The lowest BCUT2D eigenvalue weighted by atomic mass is 10.0. The van der Waals surface area contributed by atoms with E-state index in [1.165, 1.54) is 6.07 Å². The zero-order chi connectivity index (χ0) is 17.5. The van der Waals surface area contributed by atoms with Crippen molar-refractivity contribution in [3.05, 3.63) is 35.6 Å². The Labute approximate surface area is 138 Å². The van der Waals surface area contributed by atoms with E-state index in [1.54, 1.807) is 12.1 Å². The normalized spacial score (nSPS) is 14.2. The first-order valence-electron chi connectivity index (χ1n) is 8.23. The second-order valence-electron chi connectivity index (χ2n) is 6.67. The Kier molecular flexibility index (Phi) is 7.49. The van der Waals surface area contributed by atoms with E-state index in [0.717, 1.165) is 18.4 Å². The van der Waals surface area contributed by atoms with Crippen molar-refractivity contribution in [2.45, 2.75) is 65.1 Å². The molecule has 0 bridgehead atoms. The third-order valence-corrected chi connectivity index (χ3v) is 3.48. The minimum atomic E-state index is -0.507. The van der Waals surface area contributed by atoms with E-state index in [1.807, 2.05) is 33.8 Å². The van der Waals surface area contributed by atoms with Gasteiger partial charge in [0.05, 0.1) is 0 Å². The van der Waals surface area contributed by atoms with Crippen LogP contribution in [0.25, 0.3) is 0 Å². The molecular formula is C18H29FN2O2. The van der Waals surface area contributed by atoms with Gasteiger partial charge in [0.1, 0.15) is 11.4 Å². The number of nitrogens with one attached hydrogen (secondary N) is 2. The number of carbonyl (C=O) groups excluding carboxylic acids is 1. The fourth-order valence-corrected chi connectivity index (χ4v) is 2.30. The molecule has 1 aromatic rings. The highest BCUT2D eigenvalue weighted by Crippen LogP contribution is 2.18. The Hall–Kier alpha value is -1.62. The molecule has 130 valence electrons. The summed E-state index contributed by atoms with van der Waals surface area (Å²) in [5, 5.41) is 6.26. The Bertz CT molecular complexity index is 500. The molecule has 1 rings (SSSR count). The van der Waals surface area contributed by atoms with Gasteiger partial charge in [-0.15, -0.1) is 0 Å². The molecule has 0 fully saturated rings. The van der Waals surface area contributed by atoms with Crippen molar-refractivity contribution in [1.29, 1.82) is 0 Å². The minimum Gasteiger partial charge on any atom is -0.444 e. The molecule has 2 N–H and O–H groups in total. The van der Waals surface area contributed by atoms with Gasteiger partial charge in [-0.2, -0.15) is 0 Å². The molecule has 0 aliphatic heterocycles. The first-order chi connectivity index (χ1) is 10.7. The summed E-state index contributed by atoms with van der Waals surface area (Å²) in [5.41, 5.74) is 0.412. The van der Waals surface area contributed by atoms with Gasteiger partial charge in [0.2, 0.25) is 0 Å². The minimum absolute atomic E-state index is 0.0519. The van der Waals surface area contributed by atoms with Crippen molar-refractivity contribution in [3.8, 4) is 0 Å². The lowest BCUT2D eigenvalue weighted by Crippen LogP contribution is -2.43. The number of hydrogen-bond acceptors (Lipinski definition) is 3. The highest BCUT2D eigenvalue weighted by Gasteiger charge is 2.19. The van der Waals surface area contributed by atoms with E-state index in [9.17, 15) is 9.18 Å². The first kappa shape index (κ1) is 19.4. The summed E-state index contributed by atoms with van der Waals surface area (Å²) in [4.78, 5) is 11.7. The summed E-state index contributed by atoms with van der Waals surface area (Å²) >= 11 is 0. The zero-order valence-corrected chi connectivity index (χ0v) is 14.8. The maximum absolute atomic E-state index is 13.4. The van der Waals surface area contributed by atoms with E-state index in [-0.39, 0.29) is 17.9 Å². The average molecular weight is 324 g/mol. The molecule has 0 aliphatic carbocycles. The number of alkyl carbamates (subject to hydrolysis) is 1. The summed E-state index contributed by atoms with van der Waals surface area (Å²) in [6.07, 6.45) is 1.27. The summed E-state index contributed by atoms with van der Waals surface area (Å²) in [6, 6.07) is 6.77. The highest BCUT2D eigenvalue weighted by atomic mass is 19.1. The van der Waals surface area contributed by atoms with E-state index >= 15 is 0 Å². The highest BCUT2D eigenvalue weighted by molar-refractivity contribution is 5.67. The summed E-state index contributed by atoms with van der Waals surface area (Å²) < 4.78 is 18.6. The predicted molar refractivity (Wildman–Crippen MR) is 90.9 cm³/mol. The topological polar surface area (TPSA) is 50.4 Å². The molecule has 1 amide bonds. The van der Waals surface area contributed by atoms with E-state index in [4.69, 9.17) is 4.74 Å². The van der Waals surface area contributed by atoms with Gasteiger partial charge >= 0.3 is 6.09 Å². The molecule has 23 heavy (non-hydrogen) atoms. The largest absolute Gasteiger partial charge is 0.444 e. The van der Waals surface area contributed by atoms with Crippen LogP contribution in [-0.2, 0) is 4.74 Å². The van der Waals surface area contributed by atoms with Crippen molar-refractivity contribution in [3.63, 3.8) is 0 Å². The van der Waals surface area contributed by atoms with Crippen molar-refractivity contribution >= 4 is 6.09 Å². The molecule has 0 aromatic heterocycles. The predicted octanol–water partition coefficient (Wildman–Crippen LogP) is 4.17.